The van der Waals surface area contributed by atoms with Gasteiger partial charge in [-0.05, 0) is 55.5 Å². The maximum absolute atomic E-state index is 13.7. The Morgan fingerprint density at radius 3 is 2.27 bits per heavy atom. The number of nitrogen functional groups attached to an aromatic ring is 1. The van der Waals surface area contributed by atoms with E-state index in [4.69, 9.17) is 10.5 Å². The number of carbonyl (C=O) groups excluding carboxylic acids is 1. The van der Waals surface area contributed by atoms with Crippen molar-refractivity contribution >= 4 is 43.8 Å². The number of nitrogens with zero attached hydrogens (tertiary/aromatic N) is 3. The summed E-state index contributed by atoms with van der Waals surface area (Å²) in [5.74, 6) is 0.391. The summed E-state index contributed by atoms with van der Waals surface area (Å²) >= 11 is 0. The van der Waals surface area contributed by atoms with Crippen molar-refractivity contribution in [1.82, 2.24) is 19.9 Å². The largest absolute Gasteiger partial charge is 0.497 e. The molecular formula is C27H25N5O4S. The number of methoxy groups -OCH3 is 1. The molecule has 9 nitrogen and oxygen atoms in total. The molecule has 3 aromatic carbocycles. The Labute approximate surface area is 213 Å². The van der Waals surface area contributed by atoms with E-state index in [1.807, 2.05) is 19.1 Å². The number of carbonyl (C=O) groups is 1. The smallest absolute Gasteiger partial charge is 0.251 e. The molecule has 0 fully saturated rings. The van der Waals surface area contributed by atoms with E-state index in [2.05, 4.69) is 15.3 Å². The van der Waals surface area contributed by atoms with E-state index in [9.17, 15) is 13.2 Å². The topological polar surface area (TPSA) is 129 Å². The second-order valence-corrected chi connectivity index (χ2v) is 10.4. The zero-order chi connectivity index (χ0) is 26.2. The molecular weight excluding hydrogens is 490 g/mol. The van der Waals surface area contributed by atoms with Crippen LogP contribution in [0.4, 0.5) is 5.82 Å². The summed E-state index contributed by atoms with van der Waals surface area (Å²) in [6.45, 7) is 2.27. The molecule has 0 spiro atoms. The van der Waals surface area contributed by atoms with Gasteiger partial charge in [0.05, 0.1) is 23.0 Å². The normalized spacial score (nSPS) is 11.6. The molecule has 0 aliphatic rings. The van der Waals surface area contributed by atoms with Crippen LogP contribution in [0.5, 0.6) is 5.75 Å². The Morgan fingerprint density at radius 1 is 0.973 bits per heavy atom. The number of anilines is 1. The van der Waals surface area contributed by atoms with Crippen LogP contribution in [0.25, 0.3) is 22.2 Å². The van der Waals surface area contributed by atoms with Crippen LogP contribution in [0.3, 0.4) is 0 Å². The van der Waals surface area contributed by atoms with Crippen LogP contribution in [0.2, 0.25) is 0 Å². The van der Waals surface area contributed by atoms with Gasteiger partial charge in [0.15, 0.2) is 5.65 Å². The predicted octanol–water partition coefficient (Wildman–Crippen LogP) is 3.75. The fraction of sp³-hybridized carbons (Fsp3) is 0.148. The number of aromatic nitrogens is 3. The van der Waals surface area contributed by atoms with Gasteiger partial charge in [-0.3, -0.25) is 4.79 Å². The summed E-state index contributed by atoms with van der Waals surface area (Å²) in [6.07, 6.45) is 0. The molecule has 0 saturated heterocycles. The quantitative estimate of drug-likeness (QED) is 0.338. The van der Waals surface area contributed by atoms with Crippen LogP contribution in [0.1, 0.15) is 15.9 Å². The monoisotopic (exact) mass is 515 g/mol. The van der Waals surface area contributed by atoms with Crippen LogP contribution in [0, 0.1) is 6.92 Å². The van der Waals surface area contributed by atoms with Gasteiger partial charge in [0.2, 0.25) is 9.84 Å². The Hall–Kier alpha value is -4.44. The molecule has 37 heavy (non-hydrogen) atoms. The second-order valence-electron chi connectivity index (χ2n) is 8.55. The van der Waals surface area contributed by atoms with Gasteiger partial charge in [0, 0.05) is 18.7 Å². The van der Waals surface area contributed by atoms with Crippen molar-refractivity contribution in [3.63, 3.8) is 0 Å². The molecule has 1 amide bonds. The summed E-state index contributed by atoms with van der Waals surface area (Å²) in [5, 5.41) is 2.85. The first kappa shape index (κ1) is 24.3. The maximum Gasteiger partial charge on any atom is 0.251 e. The summed E-state index contributed by atoms with van der Waals surface area (Å²) < 4.78 is 34.1. The SMILES string of the molecule is COc1ccc(C(=O)NCCn2c(N)c(S(=O)(=O)c3ccc(C)cc3)c3nc4ccccc4nc32)cc1. The third-order valence-corrected chi connectivity index (χ3v) is 7.95. The highest BCUT2D eigenvalue weighted by Crippen LogP contribution is 2.35. The molecule has 0 radical (unpaired) electrons. The first-order valence-electron chi connectivity index (χ1n) is 11.6. The lowest BCUT2D eigenvalue weighted by atomic mass is 10.2. The Kier molecular flexibility index (Phi) is 6.26. The lowest BCUT2D eigenvalue weighted by Crippen LogP contribution is -2.27. The standard InChI is InChI=1S/C27H25N5O4S/c1-17-7-13-20(14-8-17)37(34,35)24-23-26(31-22-6-4-3-5-21(22)30-23)32(25(24)28)16-15-29-27(33)18-9-11-19(36-2)12-10-18/h3-14H,15-16,28H2,1-2H3,(H,29,33). The molecule has 2 aromatic heterocycles. The minimum absolute atomic E-state index is 0.0181. The highest BCUT2D eigenvalue weighted by molar-refractivity contribution is 7.92. The first-order chi connectivity index (χ1) is 17.8. The summed E-state index contributed by atoms with van der Waals surface area (Å²) in [6, 6.07) is 20.5. The van der Waals surface area contributed by atoms with E-state index < -0.39 is 9.84 Å². The lowest BCUT2D eigenvalue weighted by Gasteiger charge is -2.10. The van der Waals surface area contributed by atoms with Crippen molar-refractivity contribution in [2.24, 2.45) is 0 Å². The van der Waals surface area contributed by atoms with E-state index in [1.54, 1.807) is 72.3 Å². The summed E-state index contributed by atoms with van der Waals surface area (Å²) in [7, 11) is -2.44. The van der Waals surface area contributed by atoms with E-state index in [0.717, 1.165) is 5.56 Å². The highest BCUT2D eigenvalue weighted by Gasteiger charge is 2.30. The fourth-order valence-corrected chi connectivity index (χ4v) is 5.65. The highest BCUT2D eigenvalue weighted by atomic mass is 32.2. The Bertz CT molecular complexity index is 1730. The van der Waals surface area contributed by atoms with Gasteiger partial charge in [0.25, 0.3) is 5.91 Å². The molecule has 5 aromatic rings. The second kappa shape index (κ2) is 9.55. The van der Waals surface area contributed by atoms with Gasteiger partial charge in [-0.1, -0.05) is 29.8 Å². The molecule has 0 unspecified atom stereocenters. The van der Waals surface area contributed by atoms with Crippen molar-refractivity contribution in [3.05, 3.63) is 83.9 Å². The van der Waals surface area contributed by atoms with Gasteiger partial charge >= 0.3 is 0 Å². The molecule has 3 N–H and O–H groups in total. The van der Waals surface area contributed by atoms with Crippen molar-refractivity contribution in [2.45, 2.75) is 23.3 Å². The minimum Gasteiger partial charge on any atom is -0.497 e. The van der Waals surface area contributed by atoms with Crippen LogP contribution >= 0.6 is 0 Å². The van der Waals surface area contributed by atoms with E-state index in [0.29, 0.717) is 28.0 Å². The molecule has 0 atom stereocenters. The molecule has 0 saturated carbocycles. The number of hydrogen-bond acceptors (Lipinski definition) is 7. The minimum atomic E-state index is -4.00. The lowest BCUT2D eigenvalue weighted by molar-refractivity contribution is 0.0952. The van der Waals surface area contributed by atoms with E-state index in [1.165, 1.54) is 0 Å². The van der Waals surface area contributed by atoms with Crippen LogP contribution < -0.4 is 15.8 Å². The maximum atomic E-state index is 13.7. The molecule has 5 rings (SSSR count). The zero-order valence-electron chi connectivity index (χ0n) is 20.3. The average Bonchev–Trinajstić information content (AvgIpc) is 3.18. The number of para-hydroxylation sites is 2. The number of rotatable bonds is 7. The number of ether oxygens (including phenoxy) is 1. The van der Waals surface area contributed by atoms with Gasteiger partial charge in [-0.15, -0.1) is 0 Å². The number of nitrogens with one attached hydrogen (secondary N) is 1. The van der Waals surface area contributed by atoms with Crippen molar-refractivity contribution in [3.8, 4) is 5.75 Å². The number of hydrogen-bond donors (Lipinski definition) is 2. The molecule has 0 aliphatic heterocycles. The average molecular weight is 516 g/mol. The molecule has 0 bridgehead atoms. The first-order valence-corrected chi connectivity index (χ1v) is 13.1. The van der Waals surface area contributed by atoms with Gasteiger partial charge in [0.1, 0.15) is 22.0 Å². The number of benzene rings is 3. The summed E-state index contributed by atoms with van der Waals surface area (Å²) in [5.41, 5.74) is 9.57. The molecule has 188 valence electrons. The Morgan fingerprint density at radius 2 is 1.62 bits per heavy atom. The number of amides is 1. The fourth-order valence-electron chi connectivity index (χ4n) is 4.14. The van der Waals surface area contributed by atoms with E-state index >= 15 is 0 Å². The number of nitrogens with two attached hydrogens (primary N) is 1. The van der Waals surface area contributed by atoms with Gasteiger partial charge in [-0.25, -0.2) is 18.4 Å². The number of aryl methyl sites for hydroxylation is 1. The predicted molar refractivity (Wildman–Crippen MR) is 141 cm³/mol. The molecule has 10 heteroatoms. The molecule has 2 heterocycles. The Balaban J connectivity index is 1.54. The van der Waals surface area contributed by atoms with Gasteiger partial charge < -0.3 is 20.4 Å². The molecule has 0 aliphatic carbocycles. The van der Waals surface area contributed by atoms with Crippen LogP contribution in [0.15, 0.2) is 82.6 Å². The zero-order valence-corrected chi connectivity index (χ0v) is 21.1. The summed E-state index contributed by atoms with van der Waals surface area (Å²) in [4.78, 5) is 22.0. The number of sulfone groups is 1. The van der Waals surface area contributed by atoms with Crippen molar-refractivity contribution in [2.75, 3.05) is 19.4 Å². The van der Waals surface area contributed by atoms with Crippen molar-refractivity contribution in [1.29, 1.82) is 0 Å². The number of fused-ring (bicyclic) bond motifs is 2. The van der Waals surface area contributed by atoms with Gasteiger partial charge in [-0.2, -0.15) is 0 Å². The van der Waals surface area contributed by atoms with E-state index in [-0.39, 0.29) is 40.1 Å². The van der Waals surface area contributed by atoms with Crippen LogP contribution in [-0.2, 0) is 16.4 Å². The van der Waals surface area contributed by atoms with Crippen molar-refractivity contribution < 1.29 is 17.9 Å². The van der Waals surface area contributed by atoms with Crippen LogP contribution in [-0.4, -0.2) is 42.5 Å². The third-order valence-electron chi connectivity index (χ3n) is 6.12. The third kappa shape index (κ3) is 4.47.